The van der Waals surface area contributed by atoms with Gasteiger partial charge in [0.2, 0.25) is 0 Å². The molecule has 6 nitrogen and oxygen atoms in total. The Kier molecular flexibility index (Phi) is 3.85. The summed E-state index contributed by atoms with van der Waals surface area (Å²) < 4.78 is 6.22. The van der Waals surface area contributed by atoms with Crippen molar-refractivity contribution in [2.45, 2.75) is 12.1 Å². The number of thiophene rings is 1. The lowest BCUT2D eigenvalue weighted by Gasteiger charge is -2.20. The molecule has 8 heteroatoms. The topological polar surface area (TPSA) is 73.2 Å². The molecular weight excluding hydrogens is 358 g/mol. The first kappa shape index (κ1) is 15.9. The lowest BCUT2D eigenvalue weighted by Crippen LogP contribution is -2.32. The molecule has 0 amide bonds. The van der Waals surface area contributed by atoms with Gasteiger partial charge in [0.25, 0.3) is 5.56 Å². The second-order valence-electron chi connectivity index (χ2n) is 5.39. The van der Waals surface area contributed by atoms with Crippen LogP contribution in [0.4, 0.5) is 0 Å². The van der Waals surface area contributed by atoms with Crippen LogP contribution in [-0.4, -0.2) is 22.7 Å². The minimum absolute atomic E-state index is 0.224. The van der Waals surface area contributed by atoms with Crippen molar-refractivity contribution in [1.82, 2.24) is 9.66 Å². The molecule has 3 heterocycles. The van der Waals surface area contributed by atoms with Crippen molar-refractivity contribution in [3.05, 3.63) is 62.1 Å². The standard InChI is InChI=1S/C17H13N3O3S2/c1-9-12-14(25-13(9)16(22)23-2)18-17-20(15(12)21)19-11(8-24-17)10-6-4-3-5-7-10/h3-8,19H,1-2H3. The predicted octanol–water partition coefficient (Wildman–Crippen LogP) is 3.20. The van der Waals surface area contributed by atoms with Crippen LogP contribution >= 0.6 is 23.1 Å². The van der Waals surface area contributed by atoms with E-state index < -0.39 is 5.97 Å². The van der Waals surface area contributed by atoms with Crippen molar-refractivity contribution in [3.63, 3.8) is 0 Å². The van der Waals surface area contributed by atoms with Crippen molar-refractivity contribution in [3.8, 4) is 0 Å². The Hall–Kier alpha value is -2.58. The smallest absolute Gasteiger partial charge is 0.348 e. The molecule has 1 aromatic carbocycles. The molecule has 0 unspecified atom stereocenters. The van der Waals surface area contributed by atoms with E-state index in [-0.39, 0.29) is 5.56 Å². The van der Waals surface area contributed by atoms with E-state index in [1.54, 1.807) is 6.92 Å². The molecule has 25 heavy (non-hydrogen) atoms. The minimum Gasteiger partial charge on any atom is -0.465 e. The maximum Gasteiger partial charge on any atom is 0.348 e. The van der Waals surface area contributed by atoms with Crippen molar-refractivity contribution >= 4 is 45.0 Å². The van der Waals surface area contributed by atoms with Gasteiger partial charge in [-0.3, -0.25) is 10.2 Å². The molecule has 0 aliphatic carbocycles. The molecule has 0 atom stereocenters. The van der Waals surface area contributed by atoms with Gasteiger partial charge in [-0.25, -0.2) is 9.78 Å². The second kappa shape index (κ2) is 6.05. The molecule has 0 fully saturated rings. The Morgan fingerprint density at radius 3 is 2.76 bits per heavy atom. The van der Waals surface area contributed by atoms with E-state index in [1.165, 1.54) is 34.9 Å². The highest BCUT2D eigenvalue weighted by atomic mass is 32.2. The van der Waals surface area contributed by atoms with Crippen LogP contribution in [0.3, 0.4) is 0 Å². The number of carbonyl (C=O) groups excluding carboxylic acids is 1. The number of thioether (sulfide) groups is 1. The number of hydrogen-bond acceptors (Lipinski definition) is 7. The molecule has 0 saturated carbocycles. The zero-order chi connectivity index (χ0) is 17.6. The molecule has 1 aliphatic rings. The van der Waals surface area contributed by atoms with Gasteiger partial charge in [-0.2, -0.15) is 4.68 Å². The fourth-order valence-electron chi connectivity index (χ4n) is 2.64. The van der Waals surface area contributed by atoms with E-state index in [0.29, 0.717) is 25.8 Å². The summed E-state index contributed by atoms with van der Waals surface area (Å²) in [5.41, 5.74) is 5.30. The third-order valence-corrected chi connectivity index (χ3v) is 5.91. The monoisotopic (exact) mass is 371 g/mol. The van der Waals surface area contributed by atoms with E-state index in [0.717, 1.165) is 11.3 Å². The number of fused-ring (bicyclic) bond motifs is 2. The summed E-state index contributed by atoms with van der Waals surface area (Å²) in [6.07, 6.45) is 0. The van der Waals surface area contributed by atoms with Crippen LogP contribution < -0.4 is 11.0 Å². The molecule has 1 aliphatic heterocycles. The van der Waals surface area contributed by atoms with Crippen LogP contribution in [0.2, 0.25) is 0 Å². The van der Waals surface area contributed by atoms with Gasteiger partial charge < -0.3 is 4.74 Å². The van der Waals surface area contributed by atoms with Crippen LogP contribution in [0.25, 0.3) is 15.9 Å². The van der Waals surface area contributed by atoms with E-state index in [2.05, 4.69) is 10.4 Å². The maximum atomic E-state index is 13.0. The highest BCUT2D eigenvalue weighted by Gasteiger charge is 2.23. The fourth-order valence-corrected chi connectivity index (χ4v) is 4.58. The highest BCUT2D eigenvalue weighted by Crippen LogP contribution is 2.32. The molecule has 1 N–H and O–H groups in total. The number of aryl methyl sites for hydroxylation is 1. The molecule has 2 aromatic heterocycles. The molecule has 0 bridgehead atoms. The van der Waals surface area contributed by atoms with Crippen molar-refractivity contribution in [1.29, 1.82) is 0 Å². The van der Waals surface area contributed by atoms with Crippen LogP contribution in [0.15, 0.2) is 45.7 Å². The van der Waals surface area contributed by atoms with Gasteiger partial charge >= 0.3 is 5.97 Å². The van der Waals surface area contributed by atoms with E-state index in [4.69, 9.17) is 4.74 Å². The van der Waals surface area contributed by atoms with Gasteiger partial charge in [0.1, 0.15) is 9.71 Å². The maximum absolute atomic E-state index is 13.0. The summed E-state index contributed by atoms with van der Waals surface area (Å²) in [7, 11) is 1.32. The quantitative estimate of drug-likeness (QED) is 0.551. The van der Waals surface area contributed by atoms with Gasteiger partial charge in [0, 0.05) is 5.41 Å². The third-order valence-electron chi connectivity index (χ3n) is 3.90. The molecular formula is C17H13N3O3S2. The summed E-state index contributed by atoms with van der Waals surface area (Å²) in [6.45, 7) is 1.74. The molecule has 4 rings (SSSR count). The van der Waals surface area contributed by atoms with Crippen molar-refractivity contribution in [2.75, 3.05) is 12.5 Å². The van der Waals surface area contributed by atoms with Gasteiger partial charge in [-0.1, -0.05) is 42.1 Å². The number of carbonyl (C=O) groups is 1. The molecule has 3 aromatic rings. The van der Waals surface area contributed by atoms with Gasteiger partial charge in [-0.05, 0) is 18.1 Å². The van der Waals surface area contributed by atoms with Crippen LogP contribution in [-0.2, 0) is 4.74 Å². The summed E-state index contributed by atoms with van der Waals surface area (Å²) in [5, 5.41) is 2.90. The number of methoxy groups -OCH3 is 1. The normalized spacial score (nSPS) is 13.1. The fraction of sp³-hybridized carbons (Fsp3) is 0.118. The Bertz CT molecular complexity index is 1080. The Labute approximate surface area is 151 Å². The number of rotatable bonds is 2. The van der Waals surface area contributed by atoms with Crippen LogP contribution in [0, 0.1) is 6.92 Å². The van der Waals surface area contributed by atoms with Gasteiger partial charge in [-0.15, -0.1) is 11.3 Å². The van der Waals surface area contributed by atoms with E-state index >= 15 is 0 Å². The van der Waals surface area contributed by atoms with E-state index in [1.807, 2.05) is 35.7 Å². The predicted molar refractivity (Wildman–Crippen MR) is 99.6 cm³/mol. The number of aromatic nitrogens is 2. The van der Waals surface area contributed by atoms with Gasteiger partial charge in [0.15, 0.2) is 5.16 Å². The zero-order valence-corrected chi connectivity index (χ0v) is 15.0. The first-order chi connectivity index (χ1) is 12.1. The van der Waals surface area contributed by atoms with Crippen LogP contribution in [0.1, 0.15) is 20.8 Å². The first-order valence-electron chi connectivity index (χ1n) is 7.44. The molecule has 0 saturated heterocycles. The number of esters is 1. The highest BCUT2D eigenvalue weighted by molar-refractivity contribution is 8.02. The second-order valence-corrected chi connectivity index (χ2v) is 7.23. The summed E-state index contributed by atoms with van der Waals surface area (Å²) in [5.74, 6) is -0.452. The minimum atomic E-state index is -0.452. The average molecular weight is 371 g/mol. The number of benzene rings is 1. The first-order valence-corrected chi connectivity index (χ1v) is 9.13. The van der Waals surface area contributed by atoms with Gasteiger partial charge in [0.05, 0.1) is 18.2 Å². The summed E-state index contributed by atoms with van der Waals surface area (Å²) in [6, 6.07) is 9.75. The van der Waals surface area contributed by atoms with Crippen molar-refractivity contribution in [2.24, 2.45) is 0 Å². The molecule has 0 spiro atoms. The Morgan fingerprint density at radius 1 is 1.28 bits per heavy atom. The largest absolute Gasteiger partial charge is 0.465 e. The van der Waals surface area contributed by atoms with Crippen molar-refractivity contribution < 1.29 is 9.53 Å². The lowest BCUT2D eigenvalue weighted by molar-refractivity contribution is 0.0605. The molecule has 126 valence electrons. The summed E-state index contributed by atoms with van der Waals surface area (Å²) >= 11 is 2.55. The third kappa shape index (κ3) is 2.54. The SMILES string of the molecule is COC(=O)c1sc2nc3n(c(=O)c2c1C)NC(c1ccccc1)=CS3. The average Bonchev–Trinajstić information content (AvgIpc) is 2.98. The van der Waals surface area contributed by atoms with E-state index in [9.17, 15) is 9.59 Å². The lowest BCUT2D eigenvalue weighted by atomic mass is 10.2. The number of hydrogen-bond donors (Lipinski definition) is 1. The zero-order valence-electron chi connectivity index (χ0n) is 13.4. The Balaban J connectivity index is 1.85. The number of ether oxygens (including phenoxy) is 1. The van der Waals surface area contributed by atoms with Crippen LogP contribution in [0.5, 0.6) is 0 Å². The number of nitrogens with zero attached hydrogens (tertiary/aromatic N) is 2. The summed E-state index contributed by atoms with van der Waals surface area (Å²) in [4.78, 5) is 30.3. The number of nitrogens with one attached hydrogen (secondary N) is 1. The molecule has 0 radical (unpaired) electrons. The Morgan fingerprint density at radius 2 is 2.04 bits per heavy atom.